The minimum absolute atomic E-state index is 0.296. The summed E-state index contributed by atoms with van der Waals surface area (Å²) in [7, 11) is 0.296. The lowest BCUT2D eigenvalue weighted by Crippen LogP contribution is -2.04. The molecule has 0 aromatic rings. The second-order valence-corrected chi connectivity index (χ2v) is 2.23. The van der Waals surface area contributed by atoms with E-state index in [0.717, 1.165) is 13.0 Å². The van der Waals surface area contributed by atoms with Gasteiger partial charge in [0.25, 0.3) is 0 Å². The molecule has 0 radical (unpaired) electrons. The van der Waals surface area contributed by atoms with E-state index in [1.807, 2.05) is 0 Å². The van der Waals surface area contributed by atoms with Gasteiger partial charge in [-0.05, 0) is 6.42 Å². The van der Waals surface area contributed by atoms with Crippen molar-refractivity contribution in [3.05, 3.63) is 0 Å². The lowest BCUT2D eigenvalue weighted by molar-refractivity contribution is 0.236. The Labute approximate surface area is 45.1 Å². The Bertz CT molecular complexity index is 51.7. The monoisotopic (exact) mass is 120 g/mol. The standard InChI is InChI=1S/C4H9O2P/c1-2-4-3-5-7-6-4/h4,7H,2-3H2,1H3. The largest absolute Gasteiger partial charge is 0.334 e. The van der Waals surface area contributed by atoms with Gasteiger partial charge in [0, 0.05) is 0 Å². The molecule has 1 saturated heterocycles. The van der Waals surface area contributed by atoms with E-state index in [2.05, 4.69) is 6.92 Å². The van der Waals surface area contributed by atoms with Gasteiger partial charge in [-0.2, -0.15) is 0 Å². The van der Waals surface area contributed by atoms with E-state index in [1.54, 1.807) is 0 Å². The Morgan fingerprint density at radius 1 is 1.86 bits per heavy atom. The molecule has 0 aromatic heterocycles. The molecule has 1 fully saturated rings. The van der Waals surface area contributed by atoms with Crippen molar-refractivity contribution in [3.63, 3.8) is 0 Å². The topological polar surface area (TPSA) is 18.5 Å². The van der Waals surface area contributed by atoms with Crippen LogP contribution in [-0.4, -0.2) is 12.7 Å². The predicted octanol–water partition coefficient (Wildman–Crippen LogP) is 1.32. The van der Waals surface area contributed by atoms with Crippen LogP contribution in [0.5, 0.6) is 0 Å². The van der Waals surface area contributed by atoms with Crippen LogP contribution in [0, 0.1) is 0 Å². The maximum atomic E-state index is 5.11. The van der Waals surface area contributed by atoms with Crippen LogP contribution in [0.2, 0.25) is 0 Å². The number of rotatable bonds is 1. The molecule has 0 saturated carbocycles. The van der Waals surface area contributed by atoms with Gasteiger partial charge in [0.1, 0.15) is 0 Å². The zero-order valence-corrected chi connectivity index (χ0v) is 5.31. The van der Waals surface area contributed by atoms with Crippen molar-refractivity contribution in [2.45, 2.75) is 19.4 Å². The zero-order chi connectivity index (χ0) is 5.11. The van der Waals surface area contributed by atoms with E-state index >= 15 is 0 Å². The van der Waals surface area contributed by atoms with Gasteiger partial charge in [0.15, 0.2) is 9.03 Å². The molecule has 0 N–H and O–H groups in total. The SMILES string of the molecule is CCC1COPO1. The van der Waals surface area contributed by atoms with Crippen molar-refractivity contribution in [2.75, 3.05) is 6.61 Å². The van der Waals surface area contributed by atoms with E-state index < -0.39 is 0 Å². The summed E-state index contributed by atoms with van der Waals surface area (Å²) in [4.78, 5) is 0. The maximum absolute atomic E-state index is 5.11. The van der Waals surface area contributed by atoms with Crippen molar-refractivity contribution >= 4 is 9.03 Å². The van der Waals surface area contributed by atoms with Crippen molar-refractivity contribution < 1.29 is 9.05 Å². The third kappa shape index (κ3) is 1.37. The van der Waals surface area contributed by atoms with Gasteiger partial charge >= 0.3 is 0 Å². The minimum atomic E-state index is 0.296. The first kappa shape index (κ1) is 5.49. The van der Waals surface area contributed by atoms with Gasteiger partial charge in [0.05, 0.1) is 12.7 Å². The first-order valence-corrected chi connectivity index (χ1v) is 3.27. The molecule has 0 aliphatic carbocycles. The average molecular weight is 120 g/mol. The fourth-order valence-corrected chi connectivity index (χ4v) is 1.16. The Hall–Kier alpha value is 0.350. The summed E-state index contributed by atoms with van der Waals surface area (Å²) in [6, 6.07) is 0. The zero-order valence-electron chi connectivity index (χ0n) is 4.31. The van der Waals surface area contributed by atoms with Crippen LogP contribution in [0.25, 0.3) is 0 Å². The van der Waals surface area contributed by atoms with E-state index in [9.17, 15) is 0 Å². The van der Waals surface area contributed by atoms with Gasteiger partial charge < -0.3 is 9.05 Å². The van der Waals surface area contributed by atoms with E-state index in [1.165, 1.54) is 0 Å². The summed E-state index contributed by atoms with van der Waals surface area (Å²) in [5.41, 5.74) is 0. The van der Waals surface area contributed by atoms with Crippen LogP contribution < -0.4 is 0 Å². The van der Waals surface area contributed by atoms with Gasteiger partial charge in [-0.15, -0.1) is 0 Å². The van der Waals surface area contributed by atoms with Crippen LogP contribution in [0.1, 0.15) is 13.3 Å². The second-order valence-electron chi connectivity index (χ2n) is 1.54. The van der Waals surface area contributed by atoms with Crippen molar-refractivity contribution in [1.29, 1.82) is 0 Å². The maximum Gasteiger partial charge on any atom is 0.155 e. The molecule has 3 heteroatoms. The van der Waals surface area contributed by atoms with Crippen LogP contribution in [0.3, 0.4) is 0 Å². The molecule has 7 heavy (non-hydrogen) atoms. The highest BCUT2D eigenvalue weighted by atomic mass is 31.1. The van der Waals surface area contributed by atoms with Crippen LogP contribution in [-0.2, 0) is 9.05 Å². The molecule has 1 heterocycles. The second kappa shape index (κ2) is 2.61. The molecule has 2 atom stereocenters. The summed E-state index contributed by atoms with van der Waals surface area (Å²) < 4.78 is 10.1. The quantitative estimate of drug-likeness (QED) is 0.486. The van der Waals surface area contributed by atoms with Gasteiger partial charge in [-0.3, -0.25) is 0 Å². The number of hydrogen-bond acceptors (Lipinski definition) is 2. The van der Waals surface area contributed by atoms with E-state index in [-0.39, 0.29) is 0 Å². The number of hydrogen-bond donors (Lipinski definition) is 0. The smallest absolute Gasteiger partial charge is 0.155 e. The van der Waals surface area contributed by atoms with Gasteiger partial charge in [0.2, 0.25) is 0 Å². The van der Waals surface area contributed by atoms with Crippen molar-refractivity contribution in [1.82, 2.24) is 0 Å². The molecule has 42 valence electrons. The van der Waals surface area contributed by atoms with Crippen LogP contribution in [0.4, 0.5) is 0 Å². The first-order valence-electron chi connectivity index (χ1n) is 2.46. The Morgan fingerprint density at radius 2 is 2.71 bits per heavy atom. The summed E-state index contributed by atoms with van der Waals surface area (Å²) in [6.07, 6.45) is 1.46. The molecule has 0 bridgehead atoms. The van der Waals surface area contributed by atoms with Gasteiger partial charge in [-0.25, -0.2) is 0 Å². The highest BCUT2D eigenvalue weighted by molar-refractivity contribution is 7.26. The first-order chi connectivity index (χ1) is 3.43. The molecule has 2 nitrogen and oxygen atoms in total. The average Bonchev–Trinajstić information content (AvgIpc) is 2.14. The summed E-state index contributed by atoms with van der Waals surface area (Å²) >= 11 is 0. The van der Waals surface area contributed by atoms with E-state index in [4.69, 9.17) is 9.05 Å². The third-order valence-electron chi connectivity index (χ3n) is 0.998. The lowest BCUT2D eigenvalue weighted by Gasteiger charge is -1.97. The molecular weight excluding hydrogens is 111 g/mol. The molecule has 0 amide bonds. The summed E-state index contributed by atoms with van der Waals surface area (Å²) in [5.74, 6) is 0. The van der Waals surface area contributed by atoms with Crippen molar-refractivity contribution in [3.8, 4) is 0 Å². The highest BCUT2D eigenvalue weighted by Gasteiger charge is 2.12. The predicted molar refractivity (Wildman–Crippen MR) is 29.4 cm³/mol. The molecule has 1 rings (SSSR count). The third-order valence-corrected chi connectivity index (χ3v) is 1.71. The fourth-order valence-electron chi connectivity index (χ4n) is 0.464. The molecule has 1 aliphatic heterocycles. The molecule has 1 aliphatic rings. The highest BCUT2D eigenvalue weighted by Crippen LogP contribution is 2.26. The van der Waals surface area contributed by atoms with Crippen LogP contribution >= 0.6 is 9.03 Å². The Balaban J connectivity index is 2.14. The summed E-state index contributed by atoms with van der Waals surface area (Å²) in [5, 5.41) is 0. The molecule has 0 spiro atoms. The Morgan fingerprint density at radius 3 is 3.00 bits per heavy atom. The van der Waals surface area contributed by atoms with Crippen molar-refractivity contribution in [2.24, 2.45) is 0 Å². The fraction of sp³-hybridized carbons (Fsp3) is 1.00. The molecular formula is C4H9O2P. The van der Waals surface area contributed by atoms with Crippen LogP contribution in [0.15, 0.2) is 0 Å². The Kier molecular flexibility index (Phi) is 2.04. The molecule has 2 unspecified atom stereocenters. The molecule has 0 aromatic carbocycles. The van der Waals surface area contributed by atoms with E-state index in [0.29, 0.717) is 15.1 Å². The minimum Gasteiger partial charge on any atom is -0.334 e. The van der Waals surface area contributed by atoms with Gasteiger partial charge in [-0.1, -0.05) is 6.92 Å². The summed E-state index contributed by atoms with van der Waals surface area (Å²) in [6.45, 7) is 2.90. The normalized spacial score (nSPS) is 34.7. The lowest BCUT2D eigenvalue weighted by atomic mass is 10.3.